The van der Waals surface area contributed by atoms with E-state index in [1.54, 1.807) is 0 Å². The molecule has 0 aliphatic heterocycles. The molecule has 4 heteroatoms. The van der Waals surface area contributed by atoms with E-state index in [2.05, 4.69) is 24.3 Å². The summed E-state index contributed by atoms with van der Waals surface area (Å²) in [5.74, 6) is 0. The highest BCUT2D eigenvalue weighted by atomic mass is 16.3. The Morgan fingerprint density at radius 3 is 2.62 bits per heavy atom. The summed E-state index contributed by atoms with van der Waals surface area (Å²) in [5, 5.41) is 16.8. The van der Waals surface area contributed by atoms with E-state index in [-0.39, 0.29) is 18.1 Å². The van der Waals surface area contributed by atoms with E-state index in [9.17, 15) is 5.11 Å². The Hall–Kier alpha value is -0.870. The van der Waals surface area contributed by atoms with Gasteiger partial charge in [0.2, 0.25) is 0 Å². The topological polar surface area (TPSA) is 50.1 Å². The molecule has 0 radical (unpaired) electrons. The van der Waals surface area contributed by atoms with Crippen molar-refractivity contribution >= 4 is 0 Å². The first kappa shape index (κ1) is 13.2. The largest absolute Gasteiger partial charge is 0.396 e. The van der Waals surface area contributed by atoms with Gasteiger partial charge in [-0.15, -0.1) is 0 Å². The zero-order valence-electron chi connectivity index (χ0n) is 10.9. The van der Waals surface area contributed by atoms with Crippen molar-refractivity contribution in [3.63, 3.8) is 0 Å². The van der Waals surface area contributed by atoms with Crippen LogP contribution in [0.5, 0.6) is 0 Å². The van der Waals surface area contributed by atoms with E-state index in [1.165, 1.54) is 11.3 Å². The molecule has 4 nitrogen and oxygen atoms in total. The summed E-state index contributed by atoms with van der Waals surface area (Å²) in [7, 11) is 1.95. The third-order valence-electron chi connectivity index (χ3n) is 3.05. The van der Waals surface area contributed by atoms with E-state index in [4.69, 9.17) is 0 Å². The Bertz CT molecular complexity index is 344. The number of rotatable bonds is 5. The van der Waals surface area contributed by atoms with Gasteiger partial charge >= 0.3 is 0 Å². The van der Waals surface area contributed by atoms with Crippen molar-refractivity contribution < 1.29 is 5.11 Å². The van der Waals surface area contributed by atoms with Gasteiger partial charge < -0.3 is 10.4 Å². The van der Waals surface area contributed by atoms with Crippen molar-refractivity contribution in [2.45, 2.75) is 33.7 Å². The molecular formula is C12H23N3O. The van der Waals surface area contributed by atoms with Crippen LogP contribution < -0.4 is 5.32 Å². The first-order valence-corrected chi connectivity index (χ1v) is 5.70. The van der Waals surface area contributed by atoms with Gasteiger partial charge in [-0.05, 0) is 13.8 Å². The van der Waals surface area contributed by atoms with Gasteiger partial charge in [0.15, 0.2) is 0 Å². The third-order valence-corrected chi connectivity index (χ3v) is 3.05. The average Bonchev–Trinajstić information content (AvgIpc) is 2.57. The lowest BCUT2D eigenvalue weighted by Crippen LogP contribution is -2.33. The van der Waals surface area contributed by atoms with Crippen molar-refractivity contribution in [3.8, 4) is 0 Å². The molecule has 0 fully saturated rings. The van der Waals surface area contributed by atoms with E-state index in [0.717, 1.165) is 6.54 Å². The summed E-state index contributed by atoms with van der Waals surface area (Å²) >= 11 is 0. The second kappa shape index (κ2) is 4.97. The molecule has 1 rings (SSSR count). The third kappa shape index (κ3) is 3.06. The highest BCUT2D eigenvalue weighted by molar-refractivity contribution is 5.19. The molecule has 1 aromatic rings. The van der Waals surface area contributed by atoms with Crippen LogP contribution in [0.3, 0.4) is 0 Å². The van der Waals surface area contributed by atoms with Crippen LogP contribution in [0, 0.1) is 12.3 Å². The lowest BCUT2D eigenvalue weighted by Gasteiger charge is -2.24. The Kier molecular flexibility index (Phi) is 4.10. The molecule has 0 bridgehead atoms. The SMILES string of the molecule is Cc1c(C(C)NCC(C)(C)CO)cnn1C. The molecule has 1 heterocycles. The van der Waals surface area contributed by atoms with Crippen LogP contribution in [0.2, 0.25) is 0 Å². The molecule has 0 saturated heterocycles. The maximum atomic E-state index is 9.18. The van der Waals surface area contributed by atoms with Crippen molar-refractivity contribution in [1.29, 1.82) is 0 Å². The molecule has 1 atom stereocenters. The Morgan fingerprint density at radius 2 is 2.19 bits per heavy atom. The van der Waals surface area contributed by atoms with Crippen molar-refractivity contribution in [3.05, 3.63) is 17.5 Å². The fourth-order valence-electron chi connectivity index (χ4n) is 1.54. The van der Waals surface area contributed by atoms with Crippen LogP contribution in [0.15, 0.2) is 6.20 Å². The molecule has 92 valence electrons. The standard InChI is InChI=1S/C12H23N3O/c1-9(13-7-12(3,4)8-16)11-6-14-15(5)10(11)2/h6,9,13,16H,7-8H2,1-5H3. The minimum atomic E-state index is -0.0790. The Labute approximate surface area is 97.7 Å². The summed E-state index contributed by atoms with van der Waals surface area (Å²) in [5.41, 5.74) is 2.32. The molecule has 0 amide bonds. The monoisotopic (exact) mass is 225 g/mol. The normalized spacial score (nSPS) is 14.1. The maximum Gasteiger partial charge on any atom is 0.0540 e. The van der Waals surface area contributed by atoms with E-state index < -0.39 is 0 Å². The number of aryl methyl sites for hydroxylation is 1. The van der Waals surface area contributed by atoms with Gasteiger partial charge in [0.25, 0.3) is 0 Å². The summed E-state index contributed by atoms with van der Waals surface area (Å²) in [4.78, 5) is 0. The second-order valence-corrected chi connectivity index (χ2v) is 5.23. The number of hydrogen-bond donors (Lipinski definition) is 2. The van der Waals surface area contributed by atoms with Crippen LogP contribution in [-0.4, -0.2) is 28.0 Å². The Balaban J connectivity index is 2.60. The van der Waals surface area contributed by atoms with Gasteiger partial charge in [0, 0.05) is 42.9 Å². The minimum Gasteiger partial charge on any atom is -0.396 e. The quantitative estimate of drug-likeness (QED) is 0.796. The van der Waals surface area contributed by atoms with Crippen LogP contribution >= 0.6 is 0 Å². The number of aliphatic hydroxyl groups excluding tert-OH is 1. The lowest BCUT2D eigenvalue weighted by atomic mass is 9.94. The van der Waals surface area contributed by atoms with Crippen LogP contribution in [0.4, 0.5) is 0 Å². The molecule has 0 saturated carbocycles. The van der Waals surface area contributed by atoms with Crippen molar-refractivity contribution in [2.24, 2.45) is 12.5 Å². The number of hydrogen-bond acceptors (Lipinski definition) is 3. The molecular weight excluding hydrogens is 202 g/mol. The van der Waals surface area contributed by atoms with Gasteiger partial charge in [-0.1, -0.05) is 13.8 Å². The number of aliphatic hydroxyl groups is 1. The van der Waals surface area contributed by atoms with Gasteiger partial charge in [-0.2, -0.15) is 5.10 Å². The van der Waals surface area contributed by atoms with Gasteiger partial charge in [0.1, 0.15) is 0 Å². The van der Waals surface area contributed by atoms with Gasteiger partial charge in [-0.25, -0.2) is 0 Å². The predicted molar refractivity (Wildman–Crippen MR) is 65.2 cm³/mol. The highest BCUT2D eigenvalue weighted by Gasteiger charge is 2.19. The summed E-state index contributed by atoms with van der Waals surface area (Å²) in [6, 6.07) is 0.263. The summed E-state index contributed by atoms with van der Waals surface area (Å²) in [6.07, 6.45) is 1.90. The van der Waals surface area contributed by atoms with Crippen LogP contribution in [0.1, 0.15) is 38.1 Å². The van der Waals surface area contributed by atoms with Crippen molar-refractivity contribution in [1.82, 2.24) is 15.1 Å². The maximum absolute atomic E-state index is 9.18. The molecule has 16 heavy (non-hydrogen) atoms. The Morgan fingerprint density at radius 1 is 1.56 bits per heavy atom. The number of nitrogens with zero attached hydrogens (tertiary/aromatic N) is 2. The fourth-order valence-corrected chi connectivity index (χ4v) is 1.54. The summed E-state index contributed by atoms with van der Waals surface area (Å²) < 4.78 is 1.88. The van der Waals surface area contributed by atoms with E-state index in [1.807, 2.05) is 31.8 Å². The first-order chi connectivity index (χ1) is 7.37. The molecule has 0 spiro atoms. The second-order valence-electron chi connectivity index (χ2n) is 5.23. The fraction of sp³-hybridized carbons (Fsp3) is 0.750. The molecule has 0 aliphatic rings. The predicted octanol–water partition coefficient (Wildman–Crippen LogP) is 1.40. The van der Waals surface area contributed by atoms with Crippen LogP contribution in [-0.2, 0) is 7.05 Å². The van der Waals surface area contributed by atoms with E-state index in [0.29, 0.717) is 0 Å². The smallest absolute Gasteiger partial charge is 0.0540 e. The average molecular weight is 225 g/mol. The minimum absolute atomic E-state index is 0.0790. The van der Waals surface area contributed by atoms with Gasteiger partial charge in [-0.3, -0.25) is 4.68 Å². The number of nitrogens with one attached hydrogen (secondary N) is 1. The highest BCUT2D eigenvalue weighted by Crippen LogP contribution is 2.18. The first-order valence-electron chi connectivity index (χ1n) is 5.70. The zero-order chi connectivity index (χ0) is 12.3. The lowest BCUT2D eigenvalue weighted by molar-refractivity contribution is 0.154. The zero-order valence-corrected chi connectivity index (χ0v) is 10.9. The molecule has 0 aliphatic carbocycles. The molecule has 0 aromatic carbocycles. The summed E-state index contributed by atoms with van der Waals surface area (Å²) in [6.45, 7) is 9.26. The molecule has 1 aromatic heterocycles. The van der Waals surface area contributed by atoms with E-state index >= 15 is 0 Å². The van der Waals surface area contributed by atoms with Crippen molar-refractivity contribution in [2.75, 3.05) is 13.2 Å². The van der Waals surface area contributed by atoms with Crippen LogP contribution in [0.25, 0.3) is 0 Å². The van der Waals surface area contributed by atoms with Gasteiger partial charge in [0.05, 0.1) is 6.20 Å². The number of aromatic nitrogens is 2. The molecule has 2 N–H and O–H groups in total. The molecule has 1 unspecified atom stereocenters.